The van der Waals surface area contributed by atoms with Crippen molar-refractivity contribution in [1.82, 2.24) is 25.3 Å². The van der Waals surface area contributed by atoms with Crippen LogP contribution in [0.25, 0.3) is 0 Å². The Labute approximate surface area is 458 Å². The minimum absolute atomic E-state index is 0.0440. The second kappa shape index (κ2) is 51.9. The third-order valence-corrected chi connectivity index (χ3v) is 14.8. The summed E-state index contributed by atoms with van der Waals surface area (Å²) in [6, 6.07) is -0.942. The van der Waals surface area contributed by atoms with E-state index in [9.17, 15) is 19.2 Å². The average Bonchev–Trinajstić information content (AvgIpc) is 3.39. The Morgan fingerprint density at radius 2 is 0.703 bits per heavy atom. The Kier molecular flexibility index (Phi) is 49.6. The van der Waals surface area contributed by atoms with Crippen LogP contribution in [0.3, 0.4) is 0 Å². The van der Waals surface area contributed by atoms with Crippen LogP contribution in [0.4, 0.5) is 0 Å². The number of hydrogen-bond donors (Lipinski definition) is 2. The third kappa shape index (κ3) is 36.7. The van der Waals surface area contributed by atoms with E-state index in [1.165, 1.54) is 77.0 Å². The quantitative estimate of drug-likeness (QED) is 0.0467. The molecule has 0 bridgehead atoms. The molecular formula is C65H121N5O4. The molecule has 0 aromatic heterocycles. The third-order valence-electron chi connectivity index (χ3n) is 14.8. The first kappa shape index (κ1) is 70.8. The molecule has 0 aliphatic heterocycles. The van der Waals surface area contributed by atoms with Crippen LogP contribution < -0.4 is 10.6 Å². The monoisotopic (exact) mass is 1040 g/mol. The van der Waals surface area contributed by atoms with Gasteiger partial charge in [0.1, 0.15) is 12.1 Å². The number of carbonyl (C=O) groups excluding carboxylic acids is 4. The van der Waals surface area contributed by atoms with Gasteiger partial charge in [0.25, 0.3) is 0 Å². The van der Waals surface area contributed by atoms with Gasteiger partial charge in [-0.3, -0.25) is 19.2 Å². The van der Waals surface area contributed by atoms with Gasteiger partial charge in [-0.05, 0) is 122 Å². The molecule has 0 rings (SSSR count). The zero-order valence-electron chi connectivity index (χ0n) is 50.2. The minimum Gasteiger partial charge on any atom is -0.353 e. The number of unbranched alkanes of at least 4 members (excludes halogenated alkanes) is 18. The molecule has 0 aromatic rings. The van der Waals surface area contributed by atoms with E-state index < -0.39 is 12.1 Å². The number of allylic oxidation sites excluding steroid dienone is 8. The van der Waals surface area contributed by atoms with Crippen LogP contribution in [-0.2, 0) is 19.2 Å². The molecule has 74 heavy (non-hydrogen) atoms. The number of likely N-dealkylation sites (N-methyl/N-ethyl adjacent to an activating group) is 1. The lowest BCUT2D eigenvalue weighted by atomic mass is 9.89. The highest BCUT2D eigenvalue weighted by atomic mass is 16.2. The maximum absolute atomic E-state index is 14.2. The van der Waals surface area contributed by atoms with Gasteiger partial charge in [-0.1, -0.05) is 207 Å². The highest BCUT2D eigenvalue weighted by Gasteiger charge is 2.36. The summed E-state index contributed by atoms with van der Waals surface area (Å²) in [5, 5.41) is 6.50. The van der Waals surface area contributed by atoms with Gasteiger partial charge >= 0.3 is 0 Å². The summed E-state index contributed by atoms with van der Waals surface area (Å²) >= 11 is 0. The molecule has 0 radical (unpaired) electrons. The van der Waals surface area contributed by atoms with Gasteiger partial charge in [0.15, 0.2) is 0 Å². The summed E-state index contributed by atoms with van der Waals surface area (Å²) in [6.07, 6.45) is 54.0. The first-order chi connectivity index (χ1) is 36.1. The SMILES string of the molecule is CCCCC/C=C\C/C=C\CCCCCCCC(=O)N(CCC)C(C(=O)NCCN(C)CCNC(=O)C(C(CC)CCCC)N(CCC)C(=O)CCCCCCC/C=C\C/C=C\CCCCC)C(CC)CCCC. The summed E-state index contributed by atoms with van der Waals surface area (Å²) in [6.45, 7) is 20.7. The van der Waals surface area contributed by atoms with Crippen LogP contribution >= 0.6 is 0 Å². The van der Waals surface area contributed by atoms with Gasteiger partial charge in [0.05, 0.1) is 0 Å². The Hall–Kier alpha value is -3.20. The number of hydrogen-bond acceptors (Lipinski definition) is 5. The zero-order chi connectivity index (χ0) is 54.7. The molecule has 9 nitrogen and oxygen atoms in total. The fourth-order valence-corrected chi connectivity index (χ4v) is 10.2. The fraction of sp³-hybridized carbons (Fsp3) is 0.815. The largest absolute Gasteiger partial charge is 0.353 e. The van der Waals surface area contributed by atoms with Crippen molar-refractivity contribution in [3.8, 4) is 0 Å². The molecule has 0 aromatic carbocycles. The number of nitrogens with one attached hydrogen (secondary N) is 2. The lowest BCUT2D eigenvalue weighted by Crippen LogP contribution is -2.55. The Balaban J connectivity index is 5.32. The van der Waals surface area contributed by atoms with E-state index in [0.717, 1.165) is 128 Å². The second-order valence-electron chi connectivity index (χ2n) is 21.5. The lowest BCUT2D eigenvalue weighted by Gasteiger charge is -2.36. The molecule has 4 atom stereocenters. The van der Waals surface area contributed by atoms with Crippen LogP contribution in [0, 0.1) is 11.8 Å². The van der Waals surface area contributed by atoms with E-state index in [2.05, 4.69) is 120 Å². The Bertz CT molecular complexity index is 1350. The molecule has 0 saturated heterocycles. The number of carbonyl (C=O) groups is 4. The van der Waals surface area contributed by atoms with Crippen molar-refractivity contribution in [2.75, 3.05) is 46.3 Å². The molecule has 0 aliphatic rings. The Morgan fingerprint density at radius 3 is 1.03 bits per heavy atom. The normalized spacial score (nSPS) is 13.6. The van der Waals surface area contributed by atoms with Crippen molar-refractivity contribution in [3.63, 3.8) is 0 Å². The van der Waals surface area contributed by atoms with Crippen LogP contribution in [0.2, 0.25) is 0 Å². The maximum atomic E-state index is 14.2. The van der Waals surface area contributed by atoms with E-state index in [1.807, 2.05) is 16.8 Å². The Morgan fingerprint density at radius 1 is 0.378 bits per heavy atom. The summed E-state index contributed by atoms with van der Waals surface area (Å²) in [5.41, 5.74) is 0. The molecule has 4 unspecified atom stereocenters. The van der Waals surface area contributed by atoms with Crippen molar-refractivity contribution < 1.29 is 19.2 Å². The highest BCUT2D eigenvalue weighted by molar-refractivity contribution is 5.88. The average molecular weight is 1040 g/mol. The van der Waals surface area contributed by atoms with Crippen molar-refractivity contribution in [1.29, 1.82) is 0 Å². The number of amides is 4. The van der Waals surface area contributed by atoms with Crippen LogP contribution in [0.1, 0.15) is 274 Å². The van der Waals surface area contributed by atoms with Gasteiger partial charge in [-0.15, -0.1) is 0 Å². The number of rotatable bonds is 52. The highest BCUT2D eigenvalue weighted by Crippen LogP contribution is 2.26. The van der Waals surface area contributed by atoms with Crippen LogP contribution in [0.15, 0.2) is 48.6 Å². The van der Waals surface area contributed by atoms with Crippen molar-refractivity contribution >= 4 is 23.6 Å². The van der Waals surface area contributed by atoms with Gasteiger partial charge in [0.2, 0.25) is 23.6 Å². The van der Waals surface area contributed by atoms with Crippen molar-refractivity contribution in [2.45, 2.75) is 286 Å². The molecule has 0 heterocycles. The van der Waals surface area contributed by atoms with E-state index in [1.54, 1.807) is 0 Å². The maximum Gasteiger partial charge on any atom is 0.243 e. The predicted octanol–water partition coefficient (Wildman–Crippen LogP) is 16.4. The molecule has 4 amide bonds. The standard InChI is InChI=1S/C65H121N5O4/c1-10-18-22-24-26-28-30-32-34-36-38-40-42-44-46-50-60(71)69(54-14-5)62(58(16-7)48-20-12-3)64(73)66-52-56-68(9)57-53-67-65(74)63(59(17-8)49-21-13-4)70(55-15-6)61(72)51-47-45-43-41-39-37-35-33-31-29-27-25-23-19-11-2/h26-29,32-35,58-59,62-63H,10-25,30-31,36-57H2,1-9H3,(H,66,73)(H,67,74)/b28-26-,29-27-,34-32-,35-33-. The van der Waals surface area contributed by atoms with Crippen LogP contribution in [-0.4, -0.2) is 96.7 Å². The molecule has 0 aliphatic carbocycles. The summed E-state index contributed by atoms with van der Waals surface area (Å²) in [4.78, 5) is 62.3. The first-order valence-corrected chi connectivity index (χ1v) is 31.5. The van der Waals surface area contributed by atoms with E-state index >= 15 is 0 Å². The summed E-state index contributed by atoms with van der Waals surface area (Å²) in [5.74, 6) is 0.355. The fourth-order valence-electron chi connectivity index (χ4n) is 10.2. The summed E-state index contributed by atoms with van der Waals surface area (Å²) in [7, 11) is 2.02. The molecule has 0 saturated carbocycles. The van der Waals surface area contributed by atoms with Crippen molar-refractivity contribution in [2.24, 2.45) is 11.8 Å². The molecular weight excluding hydrogens is 915 g/mol. The van der Waals surface area contributed by atoms with E-state index in [0.29, 0.717) is 52.1 Å². The zero-order valence-corrected chi connectivity index (χ0v) is 50.2. The smallest absolute Gasteiger partial charge is 0.243 e. The van der Waals surface area contributed by atoms with Crippen molar-refractivity contribution in [3.05, 3.63) is 48.6 Å². The topological polar surface area (TPSA) is 102 Å². The van der Waals surface area contributed by atoms with Gasteiger partial charge in [0, 0.05) is 52.1 Å². The lowest BCUT2D eigenvalue weighted by molar-refractivity contribution is -0.143. The van der Waals surface area contributed by atoms with Gasteiger partial charge in [-0.25, -0.2) is 0 Å². The van der Waals surface area contributed by atoms with Gasteiger partial charge in [-0.2, -0.15) is 0 Å². The second-order valence-corrected chi connectivity index (χ2v) is 21.5. The molecule has 0 spiro atoms. The molecule has 0 fully saturated rings. The van der Waals surface area contributed by atoms with E-state index in [4.69, 9.17) is 0 Å². The predicted molar refractivity (Wildman–Crippen MR) is 320 cm³/mol. The molecule has 9 heteroatoms. The molecule has 430 valence electrons. The van der Waals surface area contributed by atoms with Crippen LogP contribution in [0.5, 0.6) is 0 Å². The molecule has 2 N–H and O–H groups in total. The number of nitrogens with zero attached hydrogens (tertiary/aromatic N) is 3. The summed E-state index contributed by atoms with van der Waals surface area (Å²) < 4.78 is 0. The minimum atomic E-state index is -0.471. The van der Waals surface area contributed by atoms with E-state index in [-0.39, 0.29) is 35.5 Å². The van der Waals surface area contributed by atoms with Gasteiger partial charge < -0.3 is 25.3 Å². The first-order valence-electron chi connectivity index (χ1n) is 31.5.